The molecule has 0 fully saturated rings. The number of nitrogens with zero attached hydrogens (tertiary/aromatic N) is 2. The van der Waals surface area contributed by atoms with Crippen LogP contribution in [-0.2, 0) is 0 Å². The third-order valence-electron chi connectivity index (χ3n) is 1.71. The zero-order chi connectivity index (χ0) is 8.72. The highest BCUT2D eigenvalue weighted by Gasteiger charge is 2.02. The summed E-state index contributed by atoms with van der Waals surface area (Å²) in [5.74, 6) is -0.238. The van der Waals surface area contributed by atoms with Gasteiger partial charge in [0.2, 0.25) is 0 Å². The van der Waals surface area contributed by atoms with Crippen molar-refractivity contribution < 1.29 is 4.39 Å². The molecule has 0 aromatic carbocycles. The number of hydrogen-bond donors (Lipinski definition) is 0. The van der Waals surface area contributed by atoms with Crippen molar-refractivity contribution in [2.24, 2.45) is 0 Å². The molecule has 2 aromatic heterocycles. The molecule has 0 aliphatic rings. The van der Waals surface area contributed by atoms with Gasteiger partial charge in [0.15, 0.2) is 0 Å². The molecule has 0 amide bonds. The van der Waals surface area contributed by atoms with Gasteiger partial charge < -0.3 is 0 Å². The maximum absolute atomic E-state index is 13.0. The van der Waals surface area contributed by atoms with E-state index in [0.717, 1.165) is 5.52 Å². The van der Waals surface area contributed by atoms with E-state index >= 15 is 0 Å². The first-order valence-corrected chi connectivity index (χ1v) is 4.27. The molecular formula is C8H6BrFN2. The Labute approximate surface area is 77.1 Å². The highest BCUT2D eigenvalue weighted by Crippen LogP contribution is 2.15. The van der Waals surface area contributed by atoms with E-state index in [4.69, 9.17) is 0 Å². The van der Waals surface area contributed by atoms with Crippen molar-refractivity contribution in [1.82, 2.24) is 9.61 Å². The van der Waals surface area contributed by atoms with Crippen molar-refractivity contribution in [3.63, 3.8) is 0 Å². The first-order valence-electron chi connectivity index (χ1n) is 3.48. The lowest BCUT2D eigenvalue weighted by atomic mass is 10.2. The van der Waals surface area contributed by atoms with Gasteiger partial charge in [0.25, 0.3) is 0 Å². The average molecular weight is 229 g/mol. The maximum atomic E-state index is 13.0. The largest absolute Gasteiger partial charge is 0.237 e. The summed E-state index contributed by atoms with van der Waals surface area (Å²) >= 11 is 3.22. The number of fused-ring (bicyclic) bond motifs is 1. The van der Waals surface area contributed by atoms with Gasteiger partial charge >= 0.3 is 0 Å². The molecule has 2 nitrogen and oxygen atoms in total. The van der Waals surface area contributed by atoms with Crippen molar-refractivity contribution in [2.75, 3.05) is 0 Å². The molecule has 0 aliphatic heterocycles. The van der Waals surface area contributed by atoms with Crippen molar-refractivity contribution in [2.45, 2.75) is 6.92 Å². The van der Waals surface area contributed by atoms with Crippen molar-refractivity contribution in [3.8, 4) is 0 Å². The molecular weight excluding hydrogens is 223 g/mol. The Balaban J connectivity index is 2.83. The number of pyridine rings is 1. The van der Waals surface area contributed by atoms with Crippen LogP contribution in [0.2, 0.25) is 0 Å². The molecule has 4 heteroatoms. The molecule has 0 bridgehead atoms. The predicted octanol–water partition coefficient (Wildman–Crippen LogP) is 2.54. The zero-order valence-corrected chi connectivity index (χ0v) is 7.97. The molecule has 2 rings (SSSR count). The molecule has 0 radical (unpaired) electrons. The smallest absolute Gasteiger partial charge is 0.144 e. The van der Waals surface area contributed by atoms with Crippen LogP contribution in [0, 0.1) is 12.7 Å². The van der Waals surface area contributed by atoms with Crippen molar-refractivity contribution in [3.05, 3.63) is 34.3 Å². The Hall–Kier alpha value is -0.900. The summed E-state index contributed by atoms with van der Waals surface area (Å²) in [4.78, 5) is 0. The van der Waals surface area contributed by atoms with Gasteiger partial charge in [-0.1, -0.05) is 0 Å². The van der Waals surface area contributed by atoms with Crippen molar-refractivity contribution >= 4 is 21.4 Å². The van der Waals surface area contributed by atoms with Crippen LogP contribution < -0.4 is 0 Å². The van der Waals surface area contributed by atoms with Crippen LogP contribution >= 0.6 is 15.9 Å². The van der Waals surface area contributed by atoms with Crippen LogP contribution in [0.1, 0.15) is 5.56 Å². The summed E-state index contributed by atoms with van der Waals surface area (Å²) in [6.07, 6.45) is 1.37. The van der Waals surface area contributed by atoms with Crippen LogP contribution in [0.5, 0.6) is 0 Å². The van der Waals surface area contributed by atoms with E-state index in [-0.39, 0.29) is 5.82 Å². The van der Waals surface area contributed by atoms with E-state index in [0.29, 0.717) is 10.2 Å². The van der Waals surface area contributed by atoms with Gasteiger partial charge in [-0.05, 0) is 40.5 Å². The van der Waals surface area contributed by atoms with Crippen LogP contribution in [0.3, 0.4) is 0 Å². The fraction of sp³-hybridized carbons (Fsp3) is 0.125. The molecule has 2 heterocycles. The van der Waals surface area contributed by atoms with Crippen molar-refractivity contribution in [1.29, 1.82) is 0 Å². The standard InChI is InChI=1S/C8H6BrFN2/c1-5-2-6-3-8(9)11-12(6)4-7(5)10/h2-4H,1H3. The van der Waals surface area contributed by atoms with E-state index in [9.17, 15) is 4.39 Å². The predicted molar refractivity (Wildman–Crippen MR) is 47.6 cm³/mol. The minimum absolute atomic E-state index is 0.238. The molecule has 0 N–H and O–H groups in total. The molecule has 0 saturated heterocycles. The Kier molecular flexibility index (Phi) is 1.65. The highest BCUT2D eigenvalue weighted by atomic mass is 79.9. The van der Waals surface area contributed by atoms with E-state index in [1.165, 1.54) is 10.7 Å². The Morgan fingerprint density at radius 1 is 1.50 bits per heavy atom. The lowest BCUT2D eigenvalue weighted by Crippen LogP contribution is -1.91. The summed E-state index contributed by atoms with van der Waals surface area (Å²) in [5, 5.41) is 4.01. The maximum Gasteiger partial charge on any atom is 0.144 e. The first-order chi connectivity index (χ1) is 5.66. The van der Waals surface area contributed by atoms with Crippen LogP contribution in [0.15, 0.2) is 22.9 Å². The minimum atomic E-state index is -0.238. The van der Waals surface area contributed by atoms with E-state index < -0.39 is 0 Å². The fourth-order valence-corrected chi connectivity index (χ4v) is 1.49. The van der Waals surface area contributed by atoms with Crippen LogP contribution in [0.25, 0.3) is 5.52 Å². The van der Waals surface area contributed by atoms with E-state index in [1.807, 2.05) is 6.07 Å². The normalized spacial score (nSPS) is 10.9. The molecule has 0 atom stereocenters. The number of halogens is 2. The third-order valence-corrected chi connectivity index (χ3v) is 2.10. The van der Waals surface area contributed by atoms with Gasteiger partial charge in [0, 0.05) is 0 Å². The molecule has 62 valence electrons. The fourth-order valence-electron chi connectivity index (χ4n) is 1.09. The summed E-state index contributed by atoms with van der Waals surface area (Å²) in [5.41, 5.74) is 1.52. The van der Waals surface area contributed by atoms with Gasteiger partial charge in [0.05, 0.1) is 11.7 Å². The van der Waals surface area contributed by atoms with Crippen LogP contribution in [-0.4, -0.2) is 9.61 Å². The van der Waals surface area contributed by atoms with Gasteiger partial charge in [0.1, 0.15) is 10.4 Å². The quantitative estimate of drug-likeness (QED) is 0.678. The lowest BCUT2D eigenvalue weighted by Gasteiger charge is -1.96. The van der Waals surface area contributed by atoms with Crippen LogP contribution in [0.4, 0.5) is 4.39 Å². The van der Waals surface area contributed by atoms with Gasteiger partial charge in [-0.15, -0.1) is 0 Å². The highest BCUT2D eigenvalue weighted by molar-refractivity contribution is 9.10. The van der Waals surface area contributed by atoms with Gasteiger partial charge in [-0.3, -0.25) is 0 Å². The summed E-state index contributed by atoms with van der Waals surface area (Å²) in [6, 6.07) is 3.60. The van der Waals surface area contributed by atoms with Gasteiger partial charge in [-0.2, -0.15) is 5.10 Å². The van der Waals surface area contributed by atoms with E-state index in [1.54, 1.807) is 13.0 Å². The van der Waals surface area contributed by atoms with Gasteiger partial charge in [-0.25, -0.2) is 8.91 Å². The second-order valence-corrected chi connectivity index (χ2v) is 3.45. The van der Waals surface area contributed by atoms with E-state index in [2.05, 4.69) is 21.0 Å². The Morgan fingerprint density at radius 3 is 3.00 bits per heavy atom. The molecule has 0 unspecified atom stereocenters. The summed E-state index contributed by atoms with van der Waals surface area (Å²) in [6.45, 7) is 1.73. The number of hydrogen-bond acceptors (Lipinski definition) is 1. The number of aryl methyl sites for hydroxylation is 1. The molecule has 2 aromatic rings. The lowest BCUT2D eigenvalue weighted by molar-refractivity contribution is 0.605. The molecule has 0 spiro atoms. The average Bonchev–Trinajstić information content (AvgIpc) is 2.30. The molecule has 0 saturated carbocycles. The number of aromatic nitrogens is 2. The minimum Gasteiger partial charge on any atom is -0.237 e. The Bertz CT molecular complexity index is 397. The Morgan fingerprint density at radius 2 is 2.25 bits per heavy atom. The second kappa shape index (κ2) is 2.55. The summed E-state index contributed by atoms with van der Waals surface area (Å²) < 4.78 is 15.2. The third kappa shape index (κ3) is 1.12. The number of rotatable bonds is 0. The topological polar surface area (TPSA) is 17.3 Å². The zero-order valence-electron chi connectivity index (χ0n) is 6.38. The molecule has 0 aliphatic carbocycles. The summed E-state index contributed by atoms with van der Waals surface area (Å²) in [7, 11) is 0. The second-order valence-electron chi connectivity index (χ2n) is 2.64. The monoisotopic (exact) mass is 228 g/mol. The molecule has 12 heavy (non-hydrogen) atoms. The first kappa shape index (κ1) is 7.73. The SMILES string of the molecule is Cc1cc2cc(Br)nn2cc1F.